The fourth-order valence-corrected chi connectivity index (χ4v) is 12.1. The van der Waals surface area contributed by atoms with E-state index >= 15 is 0 Å². The minimum atomic E-state index is 0.00169. The van der Waals surface area contributed by atoms with E-state index in [4.69, 9.17) is 4.42 Å². The normalized spacial score (nSPS) is 14.8. The Labute approximate surface area is 369 Å². The van der Waals surface area contributed by atoms with Crippen LogP contribution in [0.5, 0.6) is 0 Å². The molecule has 0 fully saturated rings. The summed E-state index contributed by atoms with van der Waals surface area (Å²) >= 11 is 1.86. The molecule has 2 heterocycles. The Morgan fingerprint density at radius 1 is 0.508 bits per heavy atom. The van der Waals surface area contributed by atoms with E-state index in [1.807, 2.05) is 11.3 Å². The van der Waals surface area contributed by atoms with Gasteiger partial charge in [-0.15, -0.1) is 11.3 Å². The third kappa shape index (κ3) is 5.54. The smallest absolute Gasteiger partial charge is 0.143 e. The van der Waals surface area contributed by atoms with Gasteiger partial charge in [-0.05, 0) is 149 Å². The van der Waals surface area contributed by atoms with E-state index in [2.05, 4.69) is 209 Å². The van der Waals surface area contributed by atoms with Gasteiger partial charge in [-0.3, -0.25) is 0 Å². The number of fused-ring (bicyclic) bond motifs is 12. The SMILES string of the molecule is C/C(=C\C=C1/CC(C)(C)c2cc(-c3ccc4oc5c6cc7sc8ccccc8c7cc6ccc5c4c3)ccc21)c1c2ccccc2c(-c2cccc3ccccc23)c2ccccc12. The molecule has 0 spiro atoms. The van der Waals surface area contributed by atoms with Gasteiger partial charge in [0.25, 0.3) is 0 Å². The van der Waals surface area contributed by atoms with Gasteiger partial charge in [-0.2, -0.15) is 0 Å². The zero-order valence-electron chi connectivity index (χ0n) is 35.4. The molecule has 1 aliphatic rings. The lowest BCUT2D eigenvalue weighted by Crippen LogP contribution is -2.11. The Bertz CT molecular complexity index is 3920. The largest absolute Gasteiger partial charge is 0.455 e. The first-order chi connectivity index (χ1) is 30.9. The van der Waals surface area contributed by atoms with E-state index in [-0.39, 0.29) is 5.41 Å². The number of thiophene rings is 1. The molecule has 1 nitrogen and oxygen atoms in total. The van der Waals surface area contributed by atoms with Crippen LogP contribution in [0.2, 0.25) is 0 Å². The molecule has 0 radical (unpaired) electrons. The lowest BCUT2D eigenvalue weighted by atomic mass is 9.84. The highest BCUT2D eigenvalue weighted by molar-refractivity contribution is 7.25. The summed E-state index contributed by atoms with van der Waals surface area (Å²) < 4.78 is 9.28. The summed E-state index contributed by atoms with van der Waals surface area (Å²) in [6, 6.07) is 65.1. The Hall–Kier alpha value is -7.26. The summed E-state index contributed by atoms with van der Waals surface area (Å²) in [5.74, 6) is 0. The fraction of sp³-hybridized carbons (Fsp3) is 0.0820. The van der Waals surface area contributed by atoms with Crippen molar-refractivity contribution in [1.82, 2.24) is 0 Å². The topological polar surface area (TPSA) is 13.1 Å². The molecule has 298 valence electrons. The van der Waals surface area contributed by atoms with Gasteiger partial charge in [0.15, 0.2) is 0 Å². The number of rotatable bonds is 4. The molecule has 0 aliphatic heterocycles. The zero-order valence-corrected chi connectivity index (χ0v) is 36.2. The molecule has 0 N–H and O–H groups in total. The van der Waals surface area contributed by atoms with E-state index in [0.717, 1.165) is 28.4 Å². The number of hydrogen-bond donors (Lipinski definition) is 0. The zero-order chi connectivity index (χ0) is 42.0. The van der Waals surface area contributed by atoms with Crippen molar-refractivity contribution in [3.8, 4) is 22.3 Å². The second-order valence-electron chi connectivity index (χ2n) is 18.2. The van der Waals surface area contributed by atoms with Crippen molar-refractivity contribution in [2.45, 2.75) is 32.6 Å². The second kappa shape index (κ2) is 13.6. The average Bonchev–Trinajstić information content (AvgIpc) is 3.96. The molecule has 2 heteroatoms. The van der Waals surface area contributed by atoms with Gasteiger partial charge in [0.05, 0.1) is 0 Å². The van der Waals surface area contributed by atoms with Crippen molar-refractivity contribution in [1.29, 1.82) is 0 Å². The predicted octanol–water partition coefficient (Wildman–Crippen LogP) is 18.1. The molecular weight excluding hydrogens is 781 g/mol. The molecule has 0 bridgehead atoms. The van der Waals surface area contributed by atoms with Crippen LogP contribution < -0.4 is 0 Å². The number of furan rings is 1. The highest BCUT2D eigenvalue weighted by Crippen LogP contribution is 2.49. The van der Waals surface area contributed by atoms with E-state index in [9.17, 15) is 0 Å². The van der Waals surface area contributed by atoms with Crippen LogP contribution in [0.15, 0.2) is 192 Å². The van der Waals surface area contributed by atoms with Crippen LogP contribution in [0.25, 0.3) is 119 Å². The molecule has 0 saturated heterocycles. The Kier molecular flexibility index (Phi) is 7.87. The monoisotopic (exact) mass is 822 g/mol. The van der Waals surface area contributed by atoms with Gasteiger partial charge in [-0.1, -0.05) is 159 Å². The fourth-order valence-electron chi connectivity index (χ4n) is 10.9. The number of benzene rings is 10. The van der Waals surface area contributed by atoms with Crippen LogP contribution in [0.3, 0.4) is 0 Å². The van der Waals surface area contributed by atoms with Gasteiger partial charge in [0.2, 0.25) is 0 Å². The van der Waals surface area contributed by atoms with E-state index in [1.165, 1.54) is 113 Å². The van der Waals surface area contributed by atoms with Crippen molar-refractivity contribution in [3.63, 3.8) is 0 Å². The lowest BCUT2D eigenvalue weighted by Gasteiger charge is -2.19. The molecule has 12 aromatic rings. The van der Waals surface area contributed by atoms with Crippen LogP contribution in [-0.2, 0) is 5.41 Å². The minimum Gasteiger partial charge on any atom is -0.455 e. The maximum Gasteiger partial charge on any atom is 0.143 e. The summed E-state index contributed by atoms with van der Waals surface area (Å²) in [7, 11) is 0. The van der Waals surface area contributed by atoms with Crippen LogP contribution >= 0.6 is 11.3 Å². The van der Waals surface area contributed by atoms with Crippen molar-refractivity contribution >= 4 is 108 Å². The first-order valence-electron chi connectivity index (χ1n) is 22.0. The summed E-state index contributed by atoms with van der Waals surface area (Å²) in [6.07, 6.45) is 5.75. The van der Waals surface area contributed by atoms with Crippen LogP contribution in [0.1, 0.15) is 43.9 Å². The van der Waals surface area contributed by atoms with E-state index in [0.29, 0.717) is 0 Å². The Morgan fingerprint density at radius 2 is 1.19 bits per heavy atom. The molecule has 13 rings (SSSR count). The second-order valence-corrected chi connectivity index (χ2v) is 19.2. The van der Waals surface area contributed by atoms with Gasteiger partial charge in [-0.25, -0.2) is 0 Å². The maximum atomic E-state index is 6.66. The first-order valence-corrected chi connectivity index (χ1v) is 22.8. The van der Waals surface area contributed by atoms with Crippen molar-refractivity contribution < 1.29 is 4.42 Å². The maximum absolute atomic E-state index is 6.66. The van der Waals surface area contributed by atoms with Crippen molar-refractivity contribution in [2.24, 2.45) is 0 Å². The summed E-state index contributed by atoms with van der Waals surface area (Å²) in [5, 5.41) is 15.0. The predicted molar refractivity (Wildman–Crippen MR) is 273 cm³/mol. The summed E-state index contributed by atoms with van der Waals surface area (Å²) in [4.78, 5) is 0. The molecule has 1 aliphatic carbocycles. The van der Waals surface area contributed by atoms with Crippen molar-refractivity contribution in [2.75, 3.05) is 0 Å². The molecule has 0 unspecified atom stereocenters. The van der Waals surface area contributed by atoms with E-state index < -0.39 is 0 Å². The molecule has 63 heavy (non-hydrogen) atoms. The minimum absolute atomic E-state index is 0.00169. The van der Waals surface area contributed by atoms with Crippen LogP contribution in [-0.4, -0.2) is 0 Å². The van der Waals surface area contributed by atoms with Gasteiger partial charge < -0.3 is 4.42 Å². The number of allylic oxidation sites excluding steroid dienone is 4. The highest BCUT2D eigenvalue weighted by Gasteiger charge is 2.33. The molecular formula is C61H42OS. The van der Waals surface area contributed by atoms with Gasteiger partial charge in [0, 0.05) is 36.3 Å². The molecule has 0 saturated carbocycles. The summed E-state index contributed by atoms with van der Waals surface area (Å²) in [6.45, 7) is 7.08. The molecule has 0 amide bonds. The highest BCUT2D eigenvalue weighted by atomic mass is 32.1. The molecule has 2 aromatic heterocycles. The summed E-state index contributed by atoms with van der Waals surface area (Å²) in [5.41, 5.74) is 13.6. The van der Waals surface area contributed by atoms with Crippen LogP contribution in [0, 0.1) is 0 Å². The standard InChI is InChI=1S/C61H42OS/c1-36(58-46-17-6-8-19-48(46)59(49-20-9-7-18-47(49)58)45-21-12-14-37-13-4-5-15-42(37)45)23-24-41-35-61(2,3)54-33-39(25-28-43(41)54)38-27-30-55-52(31-38)50-29-26-40-32-53-44-16-10-11-22-56(44)63-57(53)34-51(40)60(50)62-55/h4-34H,35H2,1-3H3/b36-23+,41-24+. The number of hydrogen-bond acceptors (Lipinski definition) is 2. The Balaban J connectivity index is 0.888. The quantitative estimate of drug-likeness (QED) is 0.161. The molecule has 10 aromatic carbocycles. The van der Waals surface area contributed by atoms with Crippen LogP contribution in [0.4, 0.5) is 0 Å². The Morgan fingerprint density at radius 3 is 2.00 bits per heavy atom. The third-order valence-corrected chi connectivity index (χ3v) is 15.1. The van der Waals surface area contributed by atoms with E-state index in [1.54, 1.807) is 0 Å². The lowest BCUT2D eigenvalue weighted by molar-refractivity contribution is 0.563. The average molecular weight is 823 g/mol. The van der Waals surface area contributed by atoms with Gasteiger partial charge >= 0.3 is 0 Å². The first kappa shape index (κ1) is 36.4. The van der Waals surface area contributed by atoms with Crippen molar-refractivity contribution in [3.05, 3.63) is 205 Å². The third-order valence-electron chi connectivity index (χ3n) is 13.9. The molecule has 0 atom stereocenters. The van der Waals surface area contributed by atoms with Gasteiger partial charge in [0.1, 0.15) is 11.2 Å².